The van der Waals surface area contributed by atoms with E-state index in [1.165, 1.54) is 27.8 Å². The van der Waals surface area contributed by atoms with Crippen molar-refractivity contribution < 1.29 is 25.8 Å². The van der Waals surface area contributed by atoms with E-state index in [1.54, 1.807) is 0 Å². The van der Waals surface area contributed by atoms with Crippen LogP contribution in [0.5, 0.6) is 11.5 Å². The number of anilines is 4. The van der Waals surface area contributed by atoms with Gasteiger partial charge in [-0.2, -0.15) is 6.07 Å². The third kappa shape index (κ3) is 10.1. The Morgan fingerprint density at radius 2 is 1.01 bits per heavy atom. The van der Waals surface area contributed by atoms with E-state index >= 15 is 0 Å². The Morgan fingerprint density at radius 1 is 0.451 bits per heavy atom. The predicted octanol–water partition coefficient (Wildman–Crippen LogP) is 20.5. The van der Waals surface area contributed by atoms with E-state index in [0.717, 1.165) is 100 Å². The smallest absolute Gasteiger partial charge is 0.135 e. The van der Waals surface area contributed by atoms with Crippen molar-refractivity contribution in [2.45, 2.75) is 66.2 Å². The van der Waals surface area contributed by atoms with E-state index in [9.17, 15) is 0 Å². The van der Waals surface area contributed by atoms with Crippen LogP contribution in [0.25, 0.3) is 83.3 Å². The van der Waals surface area contributed by atoms with Gasteiger partial charge in [0.25, 0.3) is 0 Å². The van der Waals surface area contributed by atoms with Crippen LogP contribution < -0.4 is 14.5 Å². The van der Waals surface area contributed by atoms with Crippen molar-refractivity contribution in [1.82, 2.24) is 9.55 Å². The molecule has 10 aromatic carbocycles. The molecule has 5 nitrogen and oxygen atoms in total. The molecular weight excluding hydrogens is 1180 g/mol. The van der Waals surface area contributed by atoms with Gasteiger partial charge in [-0.3, -0.25) is 0 Å². The fourth-order valence-corrected chi connectivity index (χ4v) is 11.5. The first-order valence-electron chi connectivity index (χ1n) is 28.0. The average molecular weight is 1240 g/mol. The van der Waals surface area contributed by atoms with E-state index in [4.69, 9.17) is 9.72 Å². The van der Waals surface area contributed by atoms with Crippen LogP contribution in [0.4, 0.5) is 22.7 Å². The van der Waals surface area contributed by atoms with Gasteiger partial charge in [0.1, 0.15) is 5.82 Å². The van der Waals surface area contributed by atoms with Gasteiger partial charge in [0.05, 0.1) is 0 Å². The number of pyridine rings is 1. The van der Waals surface area contributed by atoms with Gasteiger partial charge < -0.3 is 19.1 Å². The number of para-hydroxylation sites is 4. The molecule has 0 amide bonds. The van der Waals surface area contributed by atoms with Gasteiger partial charge in [0.2, 0.25) is 0 Å². The molecule has 13 rings (SSSR count). The van der Waals surface area contributed by atoms with Gasteiger partial charge in [0.15, 0.2) is 0 Å². The van der Waals surface area contributed by atoms with Crippen molar-refractivity contribution in [1.29, 1.82) is 0 Å². The van der Waals surface area contributed by atoms with Crippen molar-refractivity contribution in [3.8, 4) is 73.0 Å². The van der Waals surface area contributed by atoms with Crippen LogP contribution in [0.1, 0.15) is 63.8 Å². The first kappa shape index (κ1) is 53.9. The molecule has 0 atom stereocenters. The Balaban J connectivity index is 0.00000665. The fraction of sp³-hybridized carbons (Fsp3) is 0.132. The largest absolute Gasteiger partial charge is 0.509 e. The summed E-state index contributed by atoms with van der Waals surface area (Å²) in [4.78, 5) is 9.78. The third-order valence-electron chi connectivity index (χ3n) is 15.9. The molecule has 6 heteroatoms. The number of nitrogens with zero attached hydrogens (tertiary/aromatic N) is 4. The number of hydrogen-bond donors (Lipinski definition) is 0. The van der Waals surface area contributed by atoms with Crippen LogP contribution in [0.2, 0.25) is 0 Å². The van der Waals surface area contributed by atoms with Gasteiger partial charge in [-0.15, -0.1) is 48.3 Å². The summed E-state index contributed by atoms with van der Waals surface area (Å²) >= 11 is 0. The number of hydrogen-bond acceptors (Lipinski definition) is 4. The van der Waals surface area contributed by atoms with E-state index in [-0.39, 0.29) is 31.9 Å². The summed E-state index contributed by atoms with van der Waals surface area (Å²) in [6.07, 6.45) is 2.00. The minimum atomic E-state index is 0. The van der Waals surface area contributed by atoms with Crippen molar-refractivity contribution in [2.75, 3.05) is 9.80 Å². The minimum absolute atomic E-state index is 0. The SMILES string of the molecule is Cc1ccc(-c2cnc(-n3c4[c-]c(Oc5[c-]c(N6[CH-]N(c7c(-c8ccc(C(C)(C)C)cc8)cccc7-c7cccc(-c8ccccc8)c7)c7ccccc76)ccc5)cc(-c5ccc(C(C)(C)C)cc5)c4c4ccccc43)cc2C)cc1.[Pt]. The third-order valence-corrected chi connectivity index (χ3v) is 15.9. The number of aryl methyl sites for hydroxylation is 2. The summed E-state index contributed by atoms with van der Waals surface area (Å²) < 4.78 is 9.30. The Hall–Kier alpha value is -8.76. The van der Waals surface area contributed by atoms with Crippen LogP contribution in [0.15, 0.2) is 231 Å². The second kappa shape index (κ2) is 21.6. The molecule has 0 saturated carbocycles. The van der Waals surface area contributed by atoms with Crippen LogP contribution in [0.3, 0.4) is 0 Å². The molecule has 0 N–H and O–H groups in total. The molecule has 0 radical (unpaired) electrons. The van der Waals surface area contributed by atoms with E-state index < -0.39 is 0 Å². The van der Waals surface area contributed by atoms with Gasteiger partial charge in [-0.25, -0.2) is 4.98 Å². The first-order chi connectivity index (χ1) is 39.2. The van der Waals surface area contributed by atoms with Crippen LogP contribution in [-0.2, 0) is 31.9 Å². The molecule has 1 aliphatic rings. The molecule has 0 spiro atoms. The van der Waals surface area contributed by atoms with Crippen molar-refractivity contribution in [2.24, 2.45) is 0 Å². The van der Waals surface area contributed by atoms with Crippen molar-refractivity contribution >= 4 is 44.6 Å². The van der Waals surface area contributed by atoms with E-state index in [2.05, 4.69) is 307 Å². The van der Waals surface area contributed by atoms with Gasteiger partial charge >= 0.3 is 0 Å². The summed E-state index contributed by atoms with van der Waals surface area (Å²) in [6, 6.07) is 88.2. The monoisotopic (exact) mass is 1240 g/mol. The summed E-state index contributed by atoms with van der Waals surface area (Å²) in [5.41, 5.74) is 22.2. The molecule has 0 fully saturated rings. The van der Waals surface area contributed by atoms with Crippen molar-refractivity contribution in [3.05, 3.63) is 272 Å². The first-order valence-corrected chi connectivity index (χ1v) is 28.0. The molecule has 2 aromatic heterocycles. The van der Waals surface area contributed by atoms with Crippen LogP contribution >= 0.6 is 0 Å². The summed E-state index contributed by atoms with van der Waals surface area (Å²) in [5, 5.41) is 2.20. The molecule has 0 saturated heterocycles. The summed E-state index contributed by atoms with van der Waals surface area (Å²) in [5.74, 6) is 1.95. The summed E-state index contributed by atoms with van der Waals surface area (Å²) in [6.45, 7) is 20.1. The standard InChI is InChI=1S/C76H63N4O.Pt/c1-50-31-33-55(34-32-50)67-48-77-72(43-51(67)2)80-68-28-13-12-25-65(68)73-66(54-37-41-59(42-38-54)76(6,7)8)46-62(47-71(73)80)81-61-24-17-23-60(45-61)78-49-79(70-30-15-14-29-69(70)78)74-63(53-35-39-58(40-36-53)75(3,4)5)26-18-27-64(74)57-22-16-21-56(44-57)52-19-10-9-11-20-52;/h9-44,46,48-49H,1-8H3;/q-3;. The number of aromatic nitrogens is 2. The Labute approximate surface area is 497 Å². The van der Waals surface area contributed by atoms with E-state index in [1.807, 2.05) is 12.3 Å². The van der Waals surface area contributed by atoms with Gasteiger partial charge in [-0.1, -0.05) is 228 Å². The predicted molar refractivity (Wildman–Crippen MR) is 338 cm³/mol. The number of rotatable bonds is 10. The Kier molecular flexibility index (Phi) is 14.2. The molecule has 12 aromatic rings. The quantitative estimate of drug-likeness (QED) is 0.128. The van der Waals surface area contributed by atoms with Gasteiger partial charge in [0, 0.05) is 78.0 Å². The maximum Gasteiger partial charge on any atom is 0.135 e. The van der Waals surface area contributed by atoms with Crippen LogP contribution in [0, 0.1) is 32.6 Å². The molecule has 82 heavy (non-hydrogen) atoms. The van der Waals surface area contributed by atoms with Crippen molar-refractivity contribution in [3.63, 3.8) is 0 Å². The van der Waals surface area contributed by atoms with E-state index in [0.29, 0.717) is 11.5 Å². The number of ether oxygens (including phenoxy) is 1. The van der Waals surface area contributed by atoms with Gasteiger partial charge in [-0.05, 0) is 110 Å². The second-order valence-electron chi connectivity index (χ2n) is 23.5. The zero-order valence-electron chi connectivity index (χ0n) is 47.5. The molecule has 0 unspecified atom stereocenters. The summed E-state index contributed by atoms with van der Waals surface area (Å²) in [7, 11) is 0. The second-order valence-corrected chi connectivity index (χ2v) is 23.5. The zero-order chi connectivity index (χ0) is 55.6. The Morgan fingerprint density at radius 3 is 1.70 bits per heavy atom. The normalized spacial score (nSPS) is 12.4. The maximum atomic E-state index is 7.06. The molecule has 1 aliphatic heterocycles. The molecular formula is C76H63N4OPt-3. The van der Waals surface area contributed by atoms with Crippen LogP contribution in [-0.4, -0.2) is 9.55 Å². The topological polar surface area (TPSA) is 33.5 Å². The Bertz CT molecular complexity index is 4320. The maximum absolute atomic E-state index is 7.06. The fourth-order valence-electron chi connectivity index (χ4n) is 11.5. The average Bonchev–Trinajstić information content (AvgIpc) is 3.90. The molecule has 0 aliphatic carbocycles. The number of fused-ring (bicyclic) bond motifs is 4. The minimum Gasteiger partial charge on any atom is -0.509 e. The zero-order valence-corrected chi connectivity index (χ0v) is 49.8. The molecule has 3 heterocycles. The molecule has 406 valence electrons. The molecule has 0 bridgehead atoms. The number of benzene rings is 10.